The van der Waals surface area contributed by atoms with Gasteiger partial charge >= 0.3 is 10.4 Å². The summed E-state index contributed by atoms with van der Waals surface area (Å²) < 4.78 is 30.0. The molecule has 0 atom stereocenters. The maximum absolute atomic E-state index is 10.7. The highest BCUT2D eigenvalue weighted by Gasteiger charge is 2.11. The van der Waals surface area contributed by atoms with E-state index < -0.39 is 10.4 Å². The summed E-state index contributed by atoms with van der Waals surface area (Å²) in [5.41, 5.74) is 2.25. The van der Waals surface area contributed by atoms with Crippen LogP contribution in [0.2, 0.25) is 0 Å². The molecule has 0 saturated heterocycles. The number of rotatable bonds is 6. The van der Waals surface area contributed by atoms with Crippen molar-refractivity contribution in [3.8, 4) is 0 Å². The molecule has 0 rings (SSSR count). The van der Waals surface area contributed by atoms with Crippen molar-refractivity contribution in [1.29, 1.82) is 0 Å². The summed E-state index contributed by atoms with van der Waals surface area (Å²) >= 11 is 0. The van der Waals surface area contributed by atoms with Gasteiger partial charge in [0.15, 0.2) is 0 Å². The van der Waals surface area contributed by atoms with Crippen LogP contribution in [0.15, 0.2) is 12.7 Å². The Hall–Kier alpha value is -0.430. The number of hydrogen-bond donors (Lipinski definition) is 1. The first kappa shape index (κ1) is 11.6. The molecule has 0 unspecified atom stereocenters. The Morgan fingerprint density at radius 1 is 1.58 bits per heavy atom. The molecule has 5 nitrogen and oxygen atoms in total. The fourth-order valence-electron chi connectivity index (χ4n) is 0.311. The first-order valence-corrected chi connectivity index (χ1v) is 4.75. The van der Waals surface area contributed by atoms with Crippen LogP contribution in [0.5, 0.6) is 0 Å². The molecule has 0 heterocycles. The summed E-state index contributed by atoms with van der Waals surface area (Å²) in [6.45, 7) is 6.68. The first-order valence-electron chi connectivity index (χ1n) is 3.42. The van der Waals surface area contributed by atoms with Gasteiger partial charge < -0.3 is 0 Å². The average molecular weight is 195 g/mol. The monoisotopic (exact) mass is 195 g/mol. The highest BCUT2D eigenvalue weighted by Crippen LogP contribution is 1.93. The maximum atomic E-state index is 10.7. The van der Waals surface area contributed by atoms with Crippen molar-refractivity contribution in [3.63, 3.8) is 0 Å². The lowest BCUT2D eigenvalue weighted by molar-refractivity contribution is 0.136. The molecule has 0 spiro atoms. The molecular formula is C6H13NO4S. The van der Waals surface area contributed by atoms with Crippen LogP contribution in [0.3, 0.4) is 0 Å². The zero-order valence-corrected chi connectivity index (χ0v) is 7.93. The molecule has 0 aliphatic rings. The lowest BCUT2D eigenvalue weighted by Gasteiger charge is -2.07. The van der Waals surface area contributed by atoms with E-state index in [2.05, 4.69) is 20.5 Å². The van der Waals surface area contributed by atoms with E-state index in [9.17, 15) is 8.42 Å². The van der Waals surface area contributed by atoms with E-state index in [-0.39, 0.29) is 12.6 Å². The minimum atomic E-state index is -3.92. The molecule has 0 amide bonds. The van der Waals surface area contributed by atoms with Crippen molar-refractivity contribution < 1.29 is 16.9 Å². The van der Waals surface area contributed by atoms with Gasteiger partial charge in [-0.2, -0.15) is 18.2 Å². The Morgan fingerprint density at radius 2 is 2.17 bits per heavy atom. The third kappa shape index (κ3) is 6.29. The van der Waals surface area contributed by atoms with Gasteiger partial charge in [-0.15, -0.1) is 6.58 Å². The minimum Gasteiger partial charge on any atom is -0.243 e. The van der Waals surface area contributed by atoms with Crippen LogP contribution in [-0.2, 0) is 18.9 Å². The Kier molecular flexibility index (Phi) is 5.07. The van der Waals surface area contributed by atoms with Gasteiger partial charge in [-0.05, 0) is 13.8 Å². The van der Waals surface area contributed by atoms with E-state index in [0.29, 0.717) is 0 Å². The number of hydrogen-bond acceptors (Lipinski definition) is 5. The molecule has 72 valence electrons. The molecule has 0 aliphatic heterocycles. The largest absolute Gasteiger partial charge is 0.416 e. The van der Waals surface area contributed by atoms with E-state index in [1.54, 1.807) is 13.8 Å². The van der Waals surface area contributed by atoms with Gasteiger partial charge in [0.2, 0.25) is 0 Å². The lowest BCUT2D eigenvalue weighted by Crippen LogP contribution is -2.27. The van der Waals surface area contributed by atoms with Gasteiger partial charge in [0.05, 0.1) is 6.61 Å². The van der Waals surface area contributed by atoms with Gasteiger partial charge in [0, 0.05) is 6.04 Å². The Bertz CT molecular complexity index is 222. The first-order chi connectivity index (χ1) is 5.48. The third-order valence-corrected chi connectivity index (χ3v) is 1.44. The molecule has 0 saturated carbocycles. The van der Waals surface area contributed by atoms with Crippen molar-refractivity contribution in [2.75, 3.05) is 6.61 Å². The van der Waals surface area contributed by atoms with Crippen LogP contribution in [0.1, 0.15) is 13.8 Å². The van der Waals surface area contributed by atoms with Crippen LogP contribution in [-0.4, -0.2) is 21.1 Å². The van der Waals surface area contributed by atoms with Crippen molar-refractivity contribution in [2.45, 2.75) is 19.9 Å². The topological polar surface area (TPSA) is 64.6 Å². The molecule has 0 aromatic heterocycles. The summed E-state index contributed by atoms with van der Waals surface area (Å²) in [5, 5.41) is 0. The van der Waals surface area contributed by atoms with Gasteiger partial charge in [-0.25, -0.2) is 4.18 Å². The van der Waals surface area contributed by atoms with Crippen molar-refractivity contribution >= 4 is 10.4 Å². The summed E-state index contributed by atoms with van der Waals surface area (Å²) in [5.74, 6) is 0. The predicted molar refractivity (Wildman–Crippen MR) is 44.4 cm³/mol. The van der Waals surface area contributed by atoms with Crippen molar-refractivity contribution in [3.05, 3.63) is 12.7 Å². The van der Waals surface area contributed by atoms with E-state index >= 15 is 0 Å². The molecule has 0 aromatic carbocycles. The molecule has 6 heteroatoms. The van der Waals surface area contributed by atoms with Gasteiger partial charge in [-0.1, -0.05) is 6.08 Å². The Labute approximate surface area is 72.6 Å². The predicted octanol–water partition coefficient (Wildman–Crippen LogP) is 0.363. The van der Waals surface area contributed by atoms with E-state index in [1.165, 1.54) is 6.08 Å². The quantitative estimate of drug-likeness (QED) is 0.490. The van der Waals surface area contributed by atoms with Crippen LogP contribution in [0.4, 0.5) is 0 Å². The fourth-order valence-corrected chi connectivity index (χ4v) is 0.932. The van der Waals surface area contributed by atoms with E-state index in [4.69, 9.17) is 0 Å². The summed E-state index contributed by atoms with van der Waals surface area (Å²) in [6, 6.07) is -0.0906. The fraction of sp³-hybridized carbons (Fsp3) is 0.667. The molecule has 0 aromatic rings. The highest BCUT2D eigenvalue weighted by atomic mass is 32.3. The number of nitrogens with one attached hydrogen (secondary N) is 1. The lowest BCUT2D eigenvalue weighted by atomic mass is 10.4. The maximum Gasteiger partial charge on any atom is 0.416 e. The van der Waals surface area contributed by atoms with Crippen molar-refractivity contribution in [2.24, 2.45) is 0 Å². The van der Waals surface area contributed by atoms with Gasteiger partial charge in [0.1, 0.15) is 0 Å². The molecule has 0 bridgehead atoms. The summed E-state index contributed by atoms with van der Waals surface area (Å²) in [6.07, 6.45) is 1.32. The summed E-state index contributed by atoms with van der Waals surface area (Å²) in [4.78, 5) is 0. The normalized spacial score (nSPS) is 11.9. The van der Waals surface area contributed by atoms with Gasteiger partial charge in [-0.3, -0.25) is 0 Å². The smallest absolute Gasteiger partial charge is 0.243 e. The zero-order chi connectivity index (χ0) is 9.61. The molecule has 12 heavy (non-hydrogen) atoms. The third-order valence-electron chi connectivity index (χ3n) is 0.716. The SMILES string of the molecule is C=CCOS(=O)(=O)ONC(C)C. The molecule has 0 aliphatic carbocycles. The average Bonchev–Trinajstić information content (AvgIpc) is 1.98. The molecule has 0 radical (unpaired) electrons. The molecule has 1 N–H and O–H groups in total. The highest BCUT2D eigenvalue weighted by molar-refractivity contribution is 7.81. The second-order valence-corrected chi connectivity index (χ2v) is 3.56. The minimum absolute atomic E-state index is 0.0906. The Balaban J connectivity index is 3.80. The van der Waals surface area contributed by atoms with E-state index in [0.717, 1.165) is 0 Å². The van der Waals surface area contributed by atoms with E-state index in [1.807, 2.05) is 0 Å². The van der Waals surface area contributed by atoms with Crippen LogP contribution in [0.25, 0.3) is 0 Å². The van der Waals surface area contributed by atoms with Crippen LogP contribution >= 0.6 is 0 Å². The zero-order valence-electron chi connectivity index (χ0n) is 7.11. The number of hydroxylamine groups is 1. The summed E-state index contributed by atoms with van der Waals surface area (Å²) in [7, 11) is -3.92. The molecule has 0 fully saturated rings. The van der Waals surface area contributed by atoms with Crippen LogP contribution in [0, 0.1) is 0 Å². The second kappa shape index (κ2) is 5.26. The van der Waals surface area contributed by atoms with Crippen LogP contribution < -0.4 is 5.48 Å². The molecular weight excluding hydrogens is 182 g/mol. The van der Waals surface area contributed by atoms with Crippen molar-refractivity contribution in [1.82, 2.24) is 5.48 Å². The Morgan fingerprint density at radius 3 is 2.58 bits per heavy atom. The standard InChI is InChI=1S/C6H13NO4S/c1-4-5-10-12(8,9)11-7-6(2)3/h4,6-7H,1,5H2,2-3H3. The second-order valence-electron chi connectivity index (χ2n) is 2.34. The van der Waals surface area contributed by atoms with Gasteiger partial charge in [0.25, 0.3) is 0 Å².